The Balaban J connectivity index is 1.43. The normalized spacial score (nSPS) is 25.8. The van der Waals surface area contributed by atoms with Crippen molar-refractivity contribution < 1.29 is 14.3 Å². The van der Waals surface area contributed by atoms with Gasteiger partial charge in [-0.15, -0.1) is 0 Å². The van der Waals surface area contributed by atoms with Gasteiger partial charge in [0.15, 0.2) is 0 Å². The van der Waals surface area contributed by atoms with Gasteiger partial charge in [0.05, 0.1) is 7.11 Å². The predicted octanol–water partition coefficient (Wildman–Crippen LogP) is 2.77. The summed E-state index contributed by atoms with van der Waals surface area (Å²) >= 11 is 0. The summed E-state index contributed by atoms with van der Waals surface area (Å²) in [5.41, 5.74) is 0.583. The average Bonchev–Trinajstić information content (AvgIpc) is 3.42. The zero-order valence-electron chi connectivity index (χ0n) is 15.6. The second-order valence-electron chi connectivity index (χ2n) is 7.86. The van der Waals surface area contributed by atoms with Crippen molar-refractivity contribution in [3.8, 4) is 5.75 Å². The first kappa shape index (κ1) is 17.4. The Kier molecular flexibility index (Phi) is 4.63. The number of amides is 2. The van der Waals surface area contributed by atoms with Crippen LogP contribution in [0.5, 0.6) is 5.75 Å². The summed E-state index contributed by atoms with van der Waals surface area (Å²) in [6.07, 6.45) is 7.07. The maximum absolute atomic E-state index is 13.2. The topological polar surface area (TPSA) is 49.9 Å². The first-order valence-electron chi connectivity index (χ1n) is 9.88. The molecule has 1 aromatic carbocycles. The van der Waals surface area contributed by atoms with Crippen LogP contribution in [0.1, 0.15) is 50.5 Å². The van der Waals surface area contributed by atoms with E-state index in [4.69, 9.17) is 4.74 Å². The van der Waals surface area contributed by atoms with Crippen molar-refractivity contribution in [3.63, 3.8) is 0 Å². The summed E-state index contributed by atoms with van der Waals surface area (Å²) in [5.74, 6) is 1.18. The number of hydrogen-bond donors (Lipinski definition) is 0. The predicted molar refractivity (Wildman–Crippen MR) is 99.0 cm³/mol. The molecule has 26 heavy (non-hydrogen) atoms. The van der Waals surface area contributed by atoms with Gasteiger partial charge in [-0.05, 0) is 62.6 Å². The molecule has 2 heterocycles. The molecular formula is C21H28N2O3. The molecule has 4 rings (SSSR count). The number of benzene rings is 1. The molecule has 1 aromatic rings. The lowest BCUT2D eigenvalue weighted by atomic mass is 9.85. The Hall–Kier alpha value is -2.04. The first-order chi connectivity index (χ1) is 12.6. The summed E-state index contributed by atoms with van der Waals surface area (Å²) in [7, 11) is 1.65. The van der Waals surface area contributed by atoms with Crippen LogP contribution in [0.2, 0.25) is 0 Å². The number of rotatable bonds is 5. The highest BCUT2D eigenvalue weighted by atomic mass is 16.5. The summed E-state index contributed by atoms with van der Waals surface area (Å²) in [4.78, 5) is 30.2. The monoisotopic (exact) mass is 356 g/mol. The van der Waals surface area contributed by atoms with E-state index in [2.05, 4.69) is 4.90 Å². The van der Waals surface area contributed by atoms with Crippen molar-refractivity contribution in [2.24, 2.45) is 0 Å². The van der Waals surface area contributed by atoms with Crippen LogP contribution in [-0.2, 0) is 16.0 Å². The standard InChI is InChI=1S/C21H28N2O3/c1-26-18-9-4-16(5-10-18)6-11-19(24)23-15-3-13-21(23)12-2-14-22(20(21)25)17-7-8-17/h4-5,9-10,17H,2-3,6-8,11-15H2,1H3. The van der Waals surface area contributed by atoms with Crippen molar-refractivity contribution in [1.82, 2.24) is 9.80 Å². The fraction of sp³-hybridized carbons (Fsp3) is 0.619. The molecule has 5 nitrogen and oxygen atoms in total. The number of carbonyl (C=O) groups excluding carboxylic acids is 2. The second-order valence-corrected chi connectivity index (χ2v) is 7.86. The molecule has 1 unspecified atom stereocenters. The maximum Gasteiger partial charge on any atom is 0.248 e. The minimum absolute atomic E-state index is 0.129. The molecule has 1 saturated carbocycles. The zero-order valence-corrected chi connectivity index (χ0v) is 15.6. The largest absolute Gasteiger partial charge is 0.497 e. The van der Waals surface area contributed by atoms with E-state index in [0.29, 0.717) is 18.9 Å². The third-order valence-corrected chi connectivity index (χ3v) is 6.21. The molecule has 0 radical (unpaired) electrons. The minimum Gasteiger partial charge on any atom is -0.497 e. The van der Waals surface area contributed by atoms with Crippen molar-refractivity contribution in [3.05, 3.63) is 29.8 Å². The van der Waals surface area contributed by atoms with Crippen LogP contribution in [-0.4, -0.2) is 53.4 Å². The molecule has 0 bridgehead atoms. The Labute approximate surface area is 155 Å². The number of piperidine rings is 1. The summed E-state index contributed by atoms with van der Waals surface area (Å²) in [6, 6.07) is 8.31. The number of nitrogens with zero attached hydrogens (tertiary/aromatic N) is 2. The number of hydrogen-bond acceptors (Lipinski definition) is 3. The molecule has 2 amide bonds. The molecule has 3 aliphatic rings. The average molecular weight is 356 g/mol. The third-order valence-electron chi connectivity index (χ3n) is 6.21. The number of likely N-dealkylation sites (tertiary alicyclic amines) is 2. The van der Waals surface area contributed by atoms with Crippen LogP contribution in [0.25, 0.3) is 0 Å². The Morgan fingerprint density at radius 2 is 1.85 bits per heavy atom. The van der Waals surface area contributed by atoms with E-state index < -0.39 is 5.54 Å². The van der Waals surface area contributed by atoms with Crippen LogP contribution >= 0.6 is 0 Å². The first-order valence-corrected chi connectivity index (χ1v) is 9.88. The lowest BCUT2D eigenvalue weighted by molar-refractivity contribution is -0.155. The van der Waals surface area contributed by atoms with Gasteiger partial charge in [-0.3, -0.25) is 9.59 Å². The molecule has 1 spiro atoms. The SMILES string of the molecule is COc1ccc(CCC(=O)N2CCCC23CCCN(C2CC2)C3=O)cc1. The molecule has 5 heteroatoms. The van der Waals surface area contributed by atoms with Crippen LogP contribution < -0.4 is 4.74 Å². The van der Waals surface area contributed by atoms with E-state index >= 15 is 0 Å². The van der Waals surface area contributed by atoms with E-state index in [1.165, 1.54) is 0 Å². The summed E-state index contributed by atoms with van der Waals surface area (Å²) in [5, 5.41) is 0. The second kappa shape index (κ2) is 6.93. The minimum atomic E-state index is -0.544. The van der Waals surface area contributed by atoms with E-state index in [0.717, 1.165) is 62.9 Å². The smallest absolute Gasteiger partial charge is 0.248 e. The Morgan fingerprint density at radius 1 is 1.15 bits per heavy atom. The van der Waals surface area contributed by atoms with Gasteiger partial charge in [-0.25, -0.2) is 0 Å². The van der Waals surface area contributed by atoms with Gasteiger partial charge in [0, 0.05) is 25.6 Å². The van der Waals surface area contributed by atoms with Gasteiger partial charge in [0.2, 0.25) is 11.8 Å². The van der Waals surface area contributed by atoms with Gasteiger partial charge in [0.25, 0.3) is 0 Å². The molecule has 2 saturated heterocycles. The van der Waals surface area contributed by atoms with Crippen molar-refractivity contribution in [1.29, 1.82) is 0 Å². The van der Waals surface area contributed by atoms with Crippen LogP contribution in [0, 0.1) is 0 Å². The number of methoxy groups -OCH3 is 1. The van der Waals surface area contributed by atoms with E-state index in [1.54, 1.807) is 7.11 Å². The van der Waals surface area contributed by atoms with Gasteiger partial charge < -0.3 is 14.5 Å². The molecule has 3 fully saturated rings. The fourth-order valence-corrected chi connectivity index (χ4v) is 4.66. The highest BCUT2D eigenvalue weighted by Crippen LogP contribution is 2.42. The van der Waals surface area contributed by atoms with Crippen molar-refractivity contribution in [2.45, 2.75) is 62.9 Å². The van der Waals surface area contributed by atoms with E-state index in [9.17, 15) is 9.59 Å². The Morgan fingerprint density at radius 3 is 2.50 bits per heavy atom. The highest BCUT2D eigenvalue weighted by Gasteiger charge is 2.54. The van der Waals surface area contributed by atoms with Gasteiger partial charge in [-0.1, -0.05) is 12.1 Å². The van der Waals surface area contributed by atoms with Crippen LogP contribution in [0.15, 0.2) is 24.3 Å². The molecule has 140 valence electrons. The summed E-state index contributed by atoms with van der Waals surface area (Å²) < 4.78 is 5.18. The van der Waals surface area contributed by atoms with Gasteiger partial charge >= 0.3 is 0 Å². The van der Waals surface area contributed by atoms with E-state index in [1.807, 2.05) is 29.2 Å². The van der Waals surface area contributed by atoms with Crippen molar-refractivity contribution in [2.75, 3.05) is 20.2 Å². The quantitative estimate of drug-likeness (QED) is 0.815. The molecule has 1 aliphatic carbocycles. The maximum atomic E-state index is 13.2. The van der Waals surface area contributed by atoms with Crippen LogP contribution in [0.4, 0.5) is 0 Å². The molecular weight excluding hydrogens is 328 g/mol. The lowest BCUT2D eigenvalue weighted by Crippen LogP contribution is -2.61. The van der Waals surface area contributed by atoms with Gasteiger partial charge in [-0.2, -0.15) is 0 Å². The van der Waals surface area contributed by atoms with Crippen molar-refractivity contribution >= 4 is 11.8 Å². The third kappa shape index (κ3) is 3.08. The lowest BCUT2D eigenvalue weighted by Gasteiger charge is -2.44. The van der Waals surface area contributed by atoms with Crippen LogP contribution in [0.3, 0.4) is 0 Å². The molecule has 2 aliphatic heterocycles. The molecule has 0 aromatic heterocycles. The van der Waals surface area contributed by atoms with E-state index in [-0.39, 0.29) is 11.8 Å². The number of carbonyl (C=O) groups is 2. The Bertz CT molecular complexity index is 683. The van der Waals surface area contributed by atoms with Gasteiger partial charge in [0.1, 0.15) is 11.3 Å². The number of aryl methyl sites for hydroxylation is 1. The summed E-state index contributed by atoms with van der Waals surface area (Å²) in [6.45, 7) is 1.60. The zero-order chi connectivity index (χ0) is 18.1. The molecule has 1 atom stereocenters. The highest BCUT2D eigenvalue weighted by molar-refractivity contribution is 5.93. The number of ether oxygens (including phenoxy) is 1. The molecule has 0 N–H and O–H groups in total. The fourth-order valence-electron chi connectivity index (χ4n) is 4.66.